The second-order valence-electron chi connectivity index (χ2n) is 4.55. The van der Waals surface area contributed by atoms with Gasteiger partial charge in [-0.25, -0.2) is 0 Å². The summed E-state index contributed by atoms with van der Waals surface area (Å²) in [7, 11) is 2.18. The Balaban J connectivity index is 2.02. The molecule has 92 valence electrons. The Kier molecular flexibility index (Phi) is 4.07. The highest BCUT2D eigenvalue weighted by molar-refractivity contribution is 7.99. The highest BCUT2D eigenvalue weighted by Crippen LogP contribution is 2.22. The van der Waals surface area contributed by atoms with Gasteiger partial charge >= 0.3 is 0 Å². The Bertz CT molecular complexity index is 399. The van der Waals surface area contributed by atoms with Crippen molar-refractivity contribution in [1.29, 1.82) is 5.41 Å². The second-order valence-corrected chi connectivity index (χ2v) is 5.70. The Morgan fingerprint density at radius 2 is 2.41 bits per heavy atom. The van der Waals surface area contributed by atoms with Gasteiger partial charge < -0.3 is 5.73 Å². The third-order valence-corrected chi connectivity index (χ3v) is 4.34. The maximum absolute atomic E-state index is 7.44. The Labute approximate surface area is 107 Å². The van der Waals surface area contributed by atoms with E-state index in [4.69, 9.17) is 11.1 Å². The van der Waals surface area contributed by atoms with E-state index in [9.17, 15) is 0 Å². The second kappa shape index (κ2) is 5.56. The lowest BCUT2D eigenvalue weighted by atomic mass is 10.1. The van der Waals surface area contributed by atoms with Gasteiger partial charge in [-0.05, 0) is 30.9 Å². The van der Waals surface area contributed by atoms with E-state index in [2.05, 4.69) is 18.0 Å². The molecule has 3 N–H and O–H groups in total. The van der Waals surface area contributed by atoms with Crippen LogP contribution < -0.4 is 5.73 Å². The van der Waals surface area contributed by atoms with E-state index in [0.717, 1.165) is 12.1 Å². The summed E-state index contributed by atoms with van der Waals surface area (Å²) in [6.07, 6.45) is 1.29. The van der Waals surface area contributed by atoms with Crippen molar-refractivity contribution in [3.63, 3.8) is 0 Å². The van der Waals surface area contributed by atoms with Crippen LogP contribution in [0.25, 0.3) is 0 Å². The number of nitrogens with zero attached hydrogens (tertiary/aromatic N) is 1. The number of amidine groups is 1. The van der Waals surface area contributed by atoms with Gasteiger partial charge in [0.2, 0.25) is 0 Å². The molecule has 4 heteroatoms. The first-order chi connectivity index (χ1) is 8.16. The summed E-state index contributed by atoms with van der Waals surface area (Å²) in [5, 5.41) is 7.44. The molecule has 0 aliphatic carbocycles. The highest BCUT2D eigenvalue weighted by atomic mass is 32.2. The van der Waals surface area contributed by atoms with Crippen LogP contribution in [-0.4, -0.2) is 35.3 Å². The molecule has 1 aliphatic rings. The molecule has 1 unspecified atom stereocenters. The molecule has 3 nitrogen and oxygen atoms in total. The van der Waals surface area contributed by atoms with Gasteiger partial charge in [-0.15, -0.1) is 0 Å². The fourth-order valence-corrected chi connectivity index (χ4v) is 3.42. The summed E-state index contributed by atoms with van der Waals surface area (Å²) in [5.74, 6) is 2.66. The van der Waals surface area contributed by atoms with Crippen LogP contribution in [0.4, 0.5) is 0 Å². The van der Waals surface area contributed by atoms with Crippen LogP contribution in [0, 0.1) is 5.41 Å². The van der Waals surface area contributed by atoms with Crippen molar-refractivity contribution in [2.24, 2.45) is 5.73 Å². The zero-order valence-corrected chi connectivity index (χ0v) is 11.0. The summed E-state index contributed by atoms with van der Waals surface area (Å²) in [6, 6.07) is 8.67. The molecule has 0 saturated carbocycles. The van der Waals surface area contributed by atoms with Crippen LogP contribution in [-0.2, 0) is 6.54 Å². The molecule has 1 aromatic rings. The van der Waals surface area contributed by atoms with Crippen molar-refractivity contribution < 1.29 is 0 Å². The van der Waals surface area contributed by atoms with Crippen molar-refractivity contribution in [3.05, 3.63) is 35.4 Å². The summed E-state index contributed by atoms with van der Waals surface area (Å²) in [4.78, 5) is 2.40. The number of hydrogen-bond acceptors (Lipinski definition) is 3. The molecule has 1 fully saturated rings. The number of nitrogens with two attached hydrogens (primary N) is 1. The Morgan fingerprint density at radius 1 is 1.59 bits per heavy atom. The van der Waals surface area contributed by atoms with Crippen LogP contribution in [0.3, 0.4) is 0 Å². The average molecular weight is 249 g/mol. The smallest absolute Gasteiger partial charge is 0.122 e. The van der Waals surface area contributed by atoms with Crippen molar-refractivity contribution in [1.82, 2.24) is 4.90 Å². The molecule has 1 aliphatic heterocycles. The van der Waals surface area contributed by atoms with Crippen LogP contribution >= 0.6 is 11.8 Å². The largest absolute Gasteiger partial charge is 0.384 e. The molecule has 1 saturated heterocycles. The number of hydrogen-bond donors (Lipinski definition) is 2. The number of nitrogens with one attached hydrogen (secondary N) is 1. The molecule has 2 rings (SSSR count). The van der Waals surface area contributed by atoms with Gasteiger partial charge in [0, 0.05) is 23.9 Å². The number of rotatable bonds is 4. The fourth-order valence-electron chi connectivity index (χ4n) is 2.12. The van der Waals surface area contributed by atoms with Gasteiger partial charge in [0.25, 0.3) is 0 Å². The summed E-state index contributed by atoms with van der Waals surface area (Å²) >= 11 is 2.03. The van der Waals surface area contributed by atoms with E-state index in [0.29, 0.717) is 6.04 Å². The van der Waals surface area contributed by atoms with Gasteiger partial charge in [0.05, 0.1) is 0 Å². The minimum absolute atomic E-state index is 0.144. The van der Waals surface area contributed by atoms with E-state index in [-0.39, 0.29) is 5.84 Å². The van der Waals surface area contributed by atoms with Crippen molar-refractivity contribution in [2.45, 2.75) is 19.0 Å². The maximum Gasteiger partial charge on any atom is 0.122 e. The molecule has 0 spiro atoms. The quantitative estimate of drug-likeness (QED) is 0.633. The third-order valence-electron chi connectivity index (χ3n) is 3.20. The SMILES string of the molecule is CN(Cc1cccc(C(=N)N)c1)C1CCSC1. The van der Waals surface area contributed by atoms with Crippen LogP contribution in [0.5, 0.6) is 0 Å². The van der Waals surface area contributed by atoms with Gasteiger partial charge in [0.1, 0.15) is 5.84 Å². The van der Waals surface area contributed by atoms with Gasteiger partial charge in [-0.1, -0.05) is 18.2 Å². The molecule has 1 aromatic carbocycles. The minimum Gasteiger partial charge on any atom is -0.384 e. The average Bonchev–Trinajstić information content (AvgIpc) is 2.82. The molecule has 0 bridgehead atoms. The topological polar surface area (TPSA) is 53.1 Å². The van der Waals surface area contributed by atoms with E-state index in [1.54, 1.807) is 0 Å². The van der Waals surface area contributed by atoms with Crippen molar-refractivity contribution >= 4 is 17.6 Å². The van der Waals surface area contributed by atoms with E-state index >= 15 is 0 Å². The predicted octanol–water partition coefficient (Wildman–Crippen LogP) is 1.91. The van der Waals surface area contributed by atoms with Crippen LogP contribution in [0.15, 0.2) is 24.3 Å². The summed E-state index contributed by atoms with van der Waals surface area (Å²) in [5.41, 5.74) is 7.55. The normalized spacial score (nSPS) is 19.8. The lowest BCUT2D eigenvalue weighted by Crippen LogP contribution is -2.30. The monoisotopic (exact) mass is 249 g/mol. The predicted molar refractivity (Wildman–Crippen MR) is 74.7 cm³/mol. The van der Waals surface area contributed by atoms with Crippen molar-refractivity contribution in [2.75, 3.05) is 18.6 Å². The molecule has 1 atom stereocenters. The first-order valence-corrected chi connectivity index (χ1v) is 7.03. The molecular weight excluding hydrogens is 230 g/mol. The van der Waals surface area contributed by atoms with Gasteiger partial charge in [0.15, 0.2) is 0 Å². The number of thioether (sulfide) groups is 1. The Morgan fingerprint density at radius 3 is 3.06 bits per heavy atom. The van der Waals surface area contributed by atoms with Crippen molar-refractivity contribution in [3.8, 4) is 0 Å². The third kappa shape index (κ3) is 3.23. The maximum atomic E-state index is 7.44. The lowest BCUT2D eigenvalue weighted by molar-refractivity contribution is 0.254. The number of nitrogen functional groups attached to an aromatic ring is 1. The van der Waals surface area contributed by atoms with Gasteiger partial charge in [-0.2, -0.15) is 11.8 Å². The Hall–Kier alpha value is -1.00. The standard InChI is InChI=1S/C13H19N3S/c1-16(12-5-6-17-9-12)8-10-3-2-4-11(7-10)13(14)15/h2-4,7,12H,5-6,8-9H2,1H3,(H3,14,15). The molecule has 17 heavy (non-hydrogen) atoms. The van der Waals surface area contributed by atoms with Crippen LogP contribution in [0.2, 0.25) is 0 Å². The van der Waals surface area contributed by atoms with E-state index in [1.165, 1.54) is 23.5 Å². The first-order valence-electron chi connectivity index (χ1n) is 5.88. The first kappa shape index (κ1) is 12.5. The molecule has 0 aromatic heterocycles. The lowest BCUT2D eigenvalue weighted by Gasteiger charge is -2.23. The molecule has 0 amide bonds. The summed E-state index contributed by atoms with van der Waals surface area (Å²) in [6.45, 7) is 0.937. The minimum atomic E-state index is 0.144. The van der Waals surface area contributed by atoms with E-state index in [1.807, 2.05) is 30.0 Å². The summed E-state index contributed by atoms with van der Waals surface area (Å²) < 4.78 is 0. The number of benzene rings is 1. The van der Waals surface area contributed by atoms with Crippen LogP contribution in [0.1, 0.15) is 17.5 Å². The zero-order valence-electron chi connectivity index (χ0n) is 10.1. The van der Waals surface area contributed by atoms with Gasteiger partial charge in [-0.3, -0.25) is 10.3 Å². The highest BCUT2D eigenvalue weighted by Gasteiger charge is 2.19. The molecule has 0 radical (unpaired) electrons. The zero-order chi connectivity index (χ0) is 12.3. The van der Waals surface area contributed by atoms with E-state index < -0.39 is 0 Å². The fraction of sp³-hybridized carbons (Fsp3) is 0.462. The molecular formula is C13H19N3S. The molecule has 1 heterocycles.